The minimum atomic E-state index is -1.18. The zero-order valence-corrected chi connectivity index (χ0v) is 16.8. The molecule has 0 radical (unpaired) electrons. The van der Waals surface area contributed by atoms with Crippen molar-refractivity contribution in [1.82, 2.24) is 0 Å². The van der Waals surface area contributed by atoms with E-state index in [0.717, 1.165) is 5.92 Å². The third kappa shape index (κ3) is 3.73. The van der Waals surface area contributed by atoms with Gasteiger partial charge in [0.1, 0.15) is 0 Å². The molecule has 4 heteroatoms. The van der Waals surface area contributed by atoms with Crippen LogP contribution in [0.25, 0.3) is 21.9 Å². The van der Waals surface area contributed by atoms with Gasteiger partial charge in [0.25, 0.3) is 0 Å². The molecule has 152 valence electrons. The molecule has 1 aliphatic carbocycles. The molecule has 29 heavy (non-hydrogen) atoms. The van der Waals surface area contributed by atoms with Crippen molar-refractivity contribution in [2.45, 2.75) is 45.4 Å². The Hall–Kier alpha value is -2.49. The molecule has 0 heterocycles. The maximum atomic E-state index is 14.8. The molecule has 0 saturated heterocycles. The summed E-state index contributed by atoms with van der Waals surface area (Å²) in [5.74, 6) is -1.84. The Morgan fingerprint density at radius 3 is 2.21 bits per heavy atom. The van der Waals surface area contributed by atoms with Gasteiger partial charge in [-0.3, -0.25) is 0 Å². The Morgan fingerprint density at radius 2 is 1.55 bits per heavy atom. The lowest BCUT2D eigenvalue weighted by Crippen LogP contribution is -2.10. The van der Waals surface area contributed by atoms with Gasteiger partial charge < -0.3 is 4.74 Å². The standard InChI is InChI=1S/C25H25F3O/c1-3-29-21-13-12-19-14-20(23(26)25(28)22(19)24(21)27)18-10-8-17(9-11-18)16-6-4-15(2)5-7-16/h8-16H,3-7H2,1-2H3. The van der Waals surface area contributed by atoms with Gasteiger partial charge >= 0.3 is 0 Å². The smallest absolute Gasteiger partial charge is 0.175 e. The first-order chi connectivity index (χ1) is 14.0. The molecule has 0 amide bonds. The van der Waals surface area contributed by atoms with E-state index in [9.17, 15) is 13.2 Å². The predicted octanol–water partition coefficient (Wildman–Crippen LogP) is 7.62. The highest BCUT2D eigenvalue weighted by Crippen LogP contribution is 2.38. The molecule has 3 aromatic rings. The average Bonchev–Trinajstić information content (AvgIpc) is 2.73. The van der Waals surface area contributed by atoms with Crippen LogP contribution in [-0.4, -0.2) is 6.61 Å². The Morgan fingerprint density at radius 1 is 0.862 bits per heavy atom. The van der Waals surface area contributed by atoms with Gasteiger partial charge in [-0.15, -0.1) is 0 Å². The van der Waals surface area contributed by atoms with Gasteiger partial charge in [0.05, 0.1) is 12.0 Å². The summed E-state index contributed by atoms with van der Waals surface area (Å²) in [7, 11) is 0. The van der Waals surface area contributed by atoms with Crippen LogP contribution in [0.4, 0.5) is 13.2 Å². The Labute approximate surface area is 169 Å². The van der Waals surface area contributed by atoms with Crippen LogP contribution in [-0.2, 0) is 0 Å². The Kier molecular flexibility index (Phi) is 5.53. The molecule has 1 saturated carbocycles. The van der Waals surface area contributed by atoms with Crippen molar-refractivity contribution in [1.29, 1.82) is 0 Å². The number of rotatable bonds is 4. The quantitative estimate of drug-likeness (QED) is 0.439. The van der Waals surface area contributed by atoms with E-state index < -0.39 is 17.5 Å². The van der Waals surface area contributed by atoms with Crippen LogP contribution in [0.5, 0.6) is 5.75 Å². The summed E-state index contributed by atoms with van der Waals surface area (Å²) in [6.45, 7) is 4.24. The third-order valence-electron chi connectivity index (χ3n) is 6.10. The molecule has 0 aliphatic heterocycles. The topological polar surface area (TPSA) is 9.23 Å². The van der Waals surface area contributed by atoms with Crippen LogP contribution >= 0.6 is 0 Å². The molecular weight excluding hydrogens is 373 g/mol. The van der Waals surface area contributed by atoms with Gasteiger partial charge in [-0.2, -0.15) is 0 Å². The fourth-order valence-corrected chi connectivity index (χ4v) is 4.37. The van der Waals surface area contributed by atoms with E-state index in [1.807, 2.05) is 24.3 Å². The summed E-state index contributed by atoms with van der Waals surface area (Å²) in [6.07, 6.45) is 4.79. The summed E-state index contributed by atoms with van der Waals surface area (Å²) in [6, 6.07) is 12.2. The first-order valence-electron chi connectivity index (χ1n) is 10.3. The molecule has 4 rings (SSSR count). The molecule has 0 bridgehead atoms. The number of benzene rings is 3. The largest absolute Gasteiger partial charge is 0.491 e. The van der Waals surface area contributed by atoms with Crippen LogP contribution in [0.2, 0.25) is 0 Å². The highest BCUT2D eigenvalue weighted by Gasteiger charge is 2.22. The fourth-order valence-electron chi connectivity index (χ4n) is 4.37. The van der Waals surface area contributed by atoms with Gasteiger partial charge in [-0.25, -0.2) is 13.2 Å². The van der Waals surface area contributed by atoms with E-state index in [4.69, 9.17) is 4.74 Å². The van der Waals surface area contributed by atoms with Crippen molar-refractivity contribution >= 4 is 10.8 Å². The van der Waals surface area contributed by atoms with E-state index in [0.29, 0.717) is 16.9 Å². The average molecular weight is 398 g/mol. The van der Waals surface area contributed by atoms with Gasteiger partial charge in [0.2, 0.25) is 0 Å². The second-order valence-electron chi connectivity index (χ2n) is 8.04. The minimum absolute atomic E-state index is 0.0720. The maximum Gasteiger partial charge on any atom is 0.175 e. The van der Waals surface area contributed by atoms with Crippen molar-refractivity contribution in [3.05, 3.63) is 65.5 Å². The molecule has 0 unspecified atom stereocenters. The number of ether oxygens (including phenoxy) is 1. The molecule has 0 spiro atoms. The van der Waals surface area contributed by atoms with Crippen LogP contribution < -0.4 is 4.74 Å². The van der Waals surface area contributed by atoms with E-state index in [1.165, 1.54) is 43.4 Å². The molecule has 3 aromatic carbocycles. The van der Waals surface area contributed by atoms with Crippen molar-refractivity contribution in [3.63, 3.8) is 0 Å². The second-order valence-corrected chi connectivity index (χ2v) is 8.04. The second kappa shape index (κ2) is 8.10. The molecule has 1 fully saturated rings. The van der Waals surface area contributed by atoms with Crippen molar-refractivity contribution in [2.24, 2.45) is 5.92 Å². The SMILES string of the molecule is CCOc1ccc2cc(-c3ccc(C4CCC(C)CC4)cc3)c(F)c(F)c2c1F. The lowest BCUT2D eigenvalue weighted by Gasteiger charge is -2.26. The van der Waals surface area contributed by atoms with Gasteiger partial charge in [0.15, 0.2) is 23.2 Å². The maximum absolute atomic E-state index is 14.8. The Bertz CT molecular complexity index is 1020. The van der Waals surface area contributed by atoms with Gasteiger partial charge in [-0.05, 0) is 60.2 Å². The molecule has 0 atom stereocenters. The van der Waals surface area contributed by atoms with E-state index in [-0.39, 0.29) is 23.3 Å². The lowest BCUT2D eigenvalue weighted by atomic mass is 9.79. The zero-order valence-electron chi connectivity index (χ0n) is 16.8. The molecule has 1 nitrogen and oxygen atoms in total. The molecule has 0 aromatic heterocycles. The Balaban J connectivity index is 1.70. The molecule has 0 N–H and O–H groups in total. The molecular formula is C25H25F3O. The highest BCUT2D eigenvalue weighted by atomic mass is 19.2. The van der Waals surface area contributed by atoms with Gasteiger partial charge in [0, 0.05) is 5.56 Å². The molecule has 1 aliphatic rings. The zero-order chi connectivity index (χ0) is 20.5. The number of fused-ring (bicyclic) bond motifs is 1. The monoisotopic (exact) mass is 398 g/mol. The number of halogens is 3. The first-order valence-corrected chi connectivity index (χ1v) is 10.3. The third-order valence-corrected chi connectivity index (χ3v) is 6.10. The summed E-state index contributed by atoms with van der Waals surface area (Å²) in [5.41, 5.74) is 1.97. The summed E-state index contributed by atoms with van der Waals surface area (Å²) in [5, 5.41) is -0.0599. The first kappa shape index (κ1) is 19.8. The lowest BCUT2D eigenvalue weighted by molar-refractivity contribution is 0.322. The normalized spacial score (nSPS) is 19.5. The van der Waals surface area contributed by atoms with E-state index >= 15 is 0 Å². The van der Waals surface area contributed by atoms with Gasteiger partial charge in [-0.1, -0.05) is 50.1 Å². The summed E-state index contributed by atoms with van der Waals surface area (Å²) < 4.78 is 49.3. The summed E-state index contributed by atoms with van der Waals surface area (Å²) in [4.78, 5) is 0. The van der Waals surface area contributed by atoms with Crippen LogP contribution in [0.3, 0.4) is 0 Å². The number of hydrogen-bond acceptors (Lipinski definition) is 1. The van der Waals surface area contributed by atoms with Crippen molar-refractivity contribution in [2.75, 3.05) is 6.61 Å². The van der Waals surface area contributed by atoms with Crippen molar-refractivity contribution in [3.8, 4) is 16.9 Å². The van der Waals surface area contributed by atoms with E-state index in [2.05, 4.69) is 6.92 Å². The summed E-state index contributed by atoms with van der Waals surface area (Å²) >= 11 is 0. The highest BCUT2D eigenvalue weighted by molar-refractivity contribution is 5.90. The predicted molar refractivity (Wildman–Crippen MR) is 111 cm³/mol. The number of hydrogen-bond donors (Lipinski definition) is 0. The van der Waals surface area contributed by atoms with Crippen molar-refractivity contribution < 1.29 is 17.9 Å². The fraction of sp³-hybridized carbons (Fsp3) is 0.360. The van der Waals surface area contributed by atoms with E-state index in [1.54, 1.807) is 13.0 Å². The van der Waals surface area contributed by atoms with Crippen LogP contribution in [0, 0.1) is 23.4 Å². The van der Waals surface area contributed by atoms with Crippen LogP contribution in [0.1, 0.15) is 51.0 Å². The minimum Gasteiger partial charge on any atom is -0.491 e. The van der Waals surface area contributed by atoms with Crippen LogP contribution in [0.15, 0.2) is 42.5 Å².